The number of halogens is 2. The number of amides is 1. The second-order valence-electron chi connectivity index (χ2n) is 11.7. The number of hydrogen-bond acceptors (Lipinski definition) is 7. The lowest BCUT2D eigenvalue weighted by Gasteiger charge is -2.37. The molecule has 0 aliphatic carbocycles. The van der Waals surface area contributed by atoms with Crippen molar-refractivity contribution in [1.82, 2.24) is 4.98 Å². The summed E-state index contributed by atoms with van der Waals surface area (Å²) in [7, 11) is -4.07. The van der Waals surface area contributed by atoms with Gasteiger partial charge in [0.1, 0.15) is 40.5 Å². The fourth-order valence-electron chi connectivity index (χ4n) is 5.84. The summed E-state index contributed by atoms with van der Waals surface area (Å²) in [5.41, 5.74) is 0.416. The Morgan fingerprint density at radius 2 is 1.84 bits per heavy atom. The number of ether oxygens (including phenoxy) is 1. The number of carbonyl (C=O) groups excluding carboxylic acids is 1. The third kappa shape index (κ3) is 5.39. The number of nitrogens with one attached hydrogen (secondary N) is 1. The predicted octanol–water partition coefficient (Wildman–Crippen LogP) is 7.55. The van der Waals surface area contributed by atoms with Gasteiger partial charge in [0.25, 0.3) is 5.91 Å². The SMILES string of the molecule is Cc1cccc(C(=O)N2c3cccc(O)c3NC3=C(C2c2ccc(Oc4ccccc4Cl)cc2F)S(=O)(=O)CC(C)(C)C3)n1. The molecule has 1 aromatic heterocycles. The molecule has 0 saturated carbocycles. The number of nitrogens with zero attached hydrogens (tertiary/aromatic N) is 2. The van der Waals surface area contributed by atoms with Crippen molar-refractivity contribution in [3.05, 3.63) is 117 Å². The average molecular weight is 634 g/mol. The number of rotatable bonds is 4. The number of para-hydroxylation sites is 2. The zero-order valence-electron chi connectivity index (χ0n) is 24.1. The van der Waals surface area contributed by atoms with E-state index < -0.39 is 33.0 Å². The minimum Gasteiger partial charge on any atom is -0.506 e. The quantitative estimate of drug-likeness (QED) is 0.223. The number of hydrogen-bond donors (Lipinski definition) is 2. The van der Waals surface area contributed by atoms with Crippen molar-refractivity contribution in [2.45, 2.75) is 33.2 Å². The Labute approximate surface area is 259 Å². The van der Waals surface area contributed by atoms with Crippen molar-refractivity contribution in [1.29, 1.82) is 0 Å². The van der Waals surface area contributed by atoms with Gasteiger partial charge in [-0.1, -0.05) is 49.7 Å². The molecule has 3 heterocycles. The third-order valence-electron chi connectivity index (χ3n) is 7.59. The number of sulfone groups is 1. The van der Waals surface area contributed by atoms with Crippen LogP contribution in [0.3, 0.4) is 0 Å². The molecule has 2 aliphatic heterocycles. The van der Waals surface area contributed by atoms with E-state index in [9.17, 15) is 18.3 Å². The molecule has 8 nitrogen and oxygen atoms in total. The number of pyridine rings is 1. The van der Waals surface area contributed by atoms with Crippen molar-refractivity contribution >= 4 is 38.7 Å². The topological polar surface area (TPSA) is 109 Å². The maximum atomic E-state index is 16.3. The maximum absolute atomic E-state index is 16.3. The van der Waals surface area contributed by atoms with Gasteiger partial charge in [0, 0.05) is 23.0 Å². The van der Waals surface area contributed by atoms with Gasteiger partial charge in [-0.05, 0) is 67.3 Å². The van der Waals surface area contributed by atoms with Gasteiger partial charge in [0.05, 0.1) is 21.4 Å². The van der Waals surface area contributed by atoms with Crippen LogP contribution in [0.4, 0.5) is 15.8 Å². The Morgan fingerprint density at radius 1 is 1.09 bits per heavy atom. The smallest absolute Gasteiger partial charge is 0.277 e. The molecule has 4 aromatic rings. The number of carbonyl (C=O) groups is 1. The Kier molecular flexibility index (Phi) is 7.37. The third-order valence-corrected chi connectivity index (χ3v) is 10.2. The first-order valence-electron chi connectivity index (χ1n) is 13.9. The Balaban J connectivity index is 1.61. The van der Waals surface area contributed by atoms with Crippen LogP contribution in [0, 0.1) is 18.2 Å². The number of phenols is 1. The molecule has 226 valence electrons. The molecule has 44 heavy (non-hydrogen) atoms. The first kappa shape index (κ1) is 29.7. The summed E-state index contributed by atoms with van der Waals surface area (Å²) >= 11 is 6.23. The van der Waals surface area contributed by atoms with Gasteiger partial charge >= 0.3 is 0 Å². The van der Waals surface area contributed by atoms with E-state index in [1.807, 2.05) is 13.8 Å². The Morgan fingerprint density at radius 3 is 2.57 bits per heavy atom. The summed E-state index contributed by atoms with van der Waals surface area (Å²) in [6, 6.07) is 18.8. The molecule has 0 fully saturated rings. The molecule has 3 aromatic carbocycles. The van der Waals surface area contributed by atoms with Crippen LogP contribution in [0.5, 0.6) is 17.2 Å². The van der Waals surface area contributed by atoms with Gasteiger partial charge in [-0.2, -0.15) is 0 Å². The van der Waals surface area contributed by atoms with E-state index in [-0.39, 0.29) is 56.9 Å². The van der Waals surface area contributed by atoms with Crippen molar-refractivity contribution < 1.29 is 27.4 Å². The molecule has 11 heteroatoms. The van der Waals surface area contributed by atoms with Gasteiger partial charge in [-0.25, -0.2) is 17.8 Å². The highest BCUT2D eigenvalue weighted by molar-refractivity contribution is 7.95. The maximum Gasteiger partial charge on any atom is 0.277 e. The van der Waals surface area contributed by atoms with E-state index in [0.29, 0.717) is 16.5 Å². The number of phenolic OH excluding ortho intramolecular Hbond substituents is 1. The van der Waals surface area contributed by atoms with Gasteiger partial charge in [0.15, 0.2) is 9.84 Å². The predicted molar refractivity (Wildman–Crippen MR) is 167 cm³/mol. The molecule has 1 amide bonds. The number of aryl methyl sites for hydroxylation is 1. The number of aromatic nitrogens is 1. The molecule has 0 saturated heterocycles. The summed E-state index contributed by atoms with van der Waals surface area (Å²) in [6.07, 6.45) is 0.270. The number of allylic oxidation sites excluding steroid dienone is 1. The zero-order chi connectivity index (χ0) is 31.4. The molecule has 0 spiro atoms. The molecule has 2 aliphatic rings. The minimum atomic E-state index is -4.07. The van der Waals surface area contributed by atoms with E-state index in [4.69, 9.17) is 16.3 Å². The number of fused-ring (bicyclic) bond motifs is 1. The summed E-state index contributed by atoms with van der Waals surface area (Å²) in [5.74, 6) is -1.45. The van der Waals surface area contributed by atoms with Crippen molar-refractivity contribution in [3.8, 4) is 17.2 Å². The number of aromatic hydroxyl groups is 1. The van der Waals surface area contributed by atoms with Gasteiger partial charge in [-0.3, -0.25) is 9.69 Å². The van der Waals surface area contributed by atoms with E-state index in [0.717, 1.165) is 6.07 Å². The summed E-state index contributed by atoms with van der Waals surface area (Å²) in [6.45, 7) is 5.37. The summed E-state index contributed by atoms with van der Waals surface area (Å²) in [5, 5.41) is 14.4. The second kappa shape index (κ2) is 10.9. The van der Waals surface area contributed by atoms with Crippen molar-refractivity contribution in [2.24, 2.45) is 5.41 Å². The molecular weight excluding hydrogens is 605 g/mol. The number of anilines is 2. The van der Waals surface area contributed by atoms with Gasteiger partial charge < -0.3 is 15.2 Å². The Hall–Kier alpha value is -4.41. The van der Waals surface area contributed by atoms with Crippen LogP contribution < -0.4 is 15.0 Å². The zero-order valence-corrected chi connectivity index (χ0v) is 25.7. The van der Waals surface area contributed by atoms with Gasteiger partial charge in [0.2, 0.25) is 0 Å². The Bertz CT molecular complexity index is 1960. The monoisotopic (exact) mass is 633 g/mol. The summed E-state index contributed by atoms with van der Waals surface area (Å²) in [4.78, 5) is 19.9. The fourth-order valence-corrected chi connectivity index (χ4v) is 8.37. The van der Waals surface area contributed by atoms with Crippen LogP contribution in [0.25, 0.3) is 0 Å². The lowest BCUT2D eigenvalue weighted by atomic mass is 9.88. The highest BCUT2D eigenvalue weighted by atomic mass is 35.5. The van der Waals surface area contributed by atoms with Crippen LogP contribution in [-0.2, 0) is 9.84 Å². The van der Waals surface area contributed by atoms with Gasteiger partial charge in [-0.15, -0.1) is 0 Å². The molecular formula is C33H29ClFN3O5S. The van der Waals surface area contributed by atoms with Crippen LogP contribution in [0.2, 0.25) is 5.02 Å². The van der Waals surface area contributed by atoms with Crippen LogP contribution >= 0.6 is 11.6 Å². The summed E-state index contributed by atoms with van der Waals surface area (Å²) < 4.78 is 50.4. The fraction of sp³-hybridized carbons (Fsp3) is 0.212. The van der Waals surface area contributed by atoms with E-state index in [2.05, 4.69) is 10.3 Å². The highest BCUT2D eigenvalue weighted by Gasteiger charge is 2.48. The largest absolute Gasteiger partial charge is 0.506 e. The first-order chi connectivity index (χ1) is 20.8. The highest BCUT2D eigenvalue weighted by Crippen LogP contribution is 2.52. The molecule has 2 N–H and O–H groups in total. The van der Waals surface area contributed by atoms with Crippen molar-refractivity contribution in [3.63, 3.8) is 0 Å². The van der Waals surface area contributed by atoms with Crippen LogP contribution in [0.15, 0.2) is 89.5 Å². The normalized spacial score (nSPS) is 18.5. The van der Waals surface area contributed by atoms with E-state index >= 15 is 4.39 Å². The molecule has 1 unspecified atom stereocenters. The minimum absolute atomic E-state index is 0.0287. The molecule has 0 radical (unpaired) electrons. The second-order valence-corrected chi connectivity index (χ2v) is 14.1. The number of benzene rings is 3. The lowest BCUT2D eigenvalue weighted by molar-refractivity contribution is 0.0975. The lowest BCUT2D eigenvalue weighted by Crippen LogP contribution is -2.41. The molecule has 6 rings (SSSR count). The molecule has 1 atom stereocenters. The van der Waals surface area contributed by atoms with Crippen LogP contribution in [-0.4, -0.2) is 30.2 Å². The average Bonchev–Trinajstić information content (AvgIpc) is 3.08. The van der Waals surface area contributed by atoms with Crippen LogP contribution in [0.1, 0.15) is 48.1 Å². The van der Waals surface area contributed by atoms with E-state index in [1.54, 1.807) is 49.4 Å². The molecule has 0 bridgehead atoms. The standard InChI is InChI=1S/C33H29ClFN3O5S/c1-19-8-6-10-24(36-19)32(40)38-26-11-7-12-27(39)29(26)37-25-17-33(2,3)18-44(41,42)31(25)30(38)21-15-14-20(16-23(21)35)43-28-13-5-4-9-22(28)34/h4-16,30,37,39H,17-18H2,1-3H3. The first-order valence-corrected chi connectivity index (χ1v) is 15.9. The van der Waals surface area contributed by atoms with Crippen molar-refractivity contribution in [2.75, 3.05) is 16.0 Å². The van der Waals surface area contributed by atoms with E-state index in [1.165, 1.54) is 35.2 Å².